The molecule has 1 heterocycles. The number of halogens is 1. The topological polar surface area (TPSA) is 52.1 Å². The second kappa shape index (κ2) is 5.28. The molecule has 4 nitrogen and oxygen atoms in total. The summed E-state index contributed by atoms with van der Waals surface area (Å²) in [6, 6.07) is 4.12. The number of ether oxygens (including phenoxy) is 1. The summed E-state index contributed by atoms with van der Waals surface area (Å²) in [5.74, 6) is 0.0537. The molecular weight excluding hydrogens is 279 g/mol. The predicted octanol–water partition coefficient (Wildman–Crippen LogP) is 3.97. The molecule has 0 saturated heterocycles. The zero-order chi connectivity index (χ0) is 14.9. The average molecular weight is 294 g/mol. The summed E-state index contributed by atoms with van der Waals surface area (Å²) in [5, 5.41) is 0.352. The SMILES string of the molecule is CC(=O)c1ccc(Oc2nc(C(C)(C)C)ns2)cc1F. The van der Waals surface area contributed by atoms with E-state index in [1.165, 1.54) is 25.1 Å². The summed E-state index contributed by atoms with van der Waals surface area (Å²) in [5.41, 5.74) is -0.119. The summed E-state index contributed by atoms with van der Waals surface area (Å²) in [6.07, 6.45) is 0. The molecular formula is C14H15FN2O2S. The van der Waals surface area contributed by atoms with Gasteiger partial charge in [-0.3, -0.25) is 4.79 Å². The van der Waals surface area contributed by atoms with Gasteiger partial charge in [0, 0.05) is 23.0 Å². The van der Waals surface area contributed by atoms with Crippen LogP contribution in [0.2, 0.25) is 0 Å². The van der Waals surface area contributed by atoms with E-state index in [1.54, 1.807) is 0 Å². The van der Waals surface area contributed by atoms with Gasteiger partial charge < -0.3 is 4.74 Å². The van der Waals surface area contributed by atoms with E-state index in [2.05, 4.69) is 9.36 Å². The number of rotatable bonds is 3. The Kier molecular flexibility index (Phi) is 3.85. The number of aromatic nitrogens is 2. The normalized spacial score (nSPS) is 11.4. The van der Waals surface area contributed by atoms with Crippen molar-refractivity contribution in [2.75, 3.05) is 0 Å². The van der Waals surface area contributed by atoms with Crippen LogP contribution in [0.4, 0.5) is 4.39 Å². The largest absolute Gasteiger partial charge is 0.430 e. The van der Waals surface area contributed by atoms with Gasteiger partial charge in [-0.2, -0.15) is 9.36 Å². The monoisotopic (exact) mass is 294 g/mol. The lowest BCUT2D eigenvalue weighted by Crippen LogP contribution is -2.12. The van der Waals surface area contributed by atoms with E-state index in [9.17, 15) is 9.18 Å². The number of ketones is 1. The van der Waals surface area contributed by atoms with Crippen molar-refractivity contribution in [2.45, 2.75) is 33.1 Å². The van der Waals surface area contributed by atoms with Crippen molar-refractivity contribution in [3.63, 3.8) is 0 Å². The van der Waals surface area contributed by atoms with E-state index in [-0.39, 0.29) is 16.8 Å². The minimum Gasteiger partial charge on any atom is -0.430 e. The number of hydrogen-bond acceptors (Lipinski definition) is 5. The van der Waals surface area contributed by atoms with Gasteiger partial charge in [0.1, 0.15) is 11.6 Å². The zero-order valence-corrected chi connectivity index (χ0v) is 12.5. The van der Waals surface area contributed by atoms with E-state index >= 15 is 0 Å². The highest BCUT2D eigenvalue weighted by atomic mass is 32.1. The van der Waals surface area contributed by atoms with Crippen LogP contribution in [-0.4, -0.2) is 15.1 Å². The fourth-order valence-electron chi connectivity index (χ4n) is 1.50. The van der Waals surface area contributed by atoms with Gasteiger partial charge in [-0.25, -0.2) is 4.39 Å². The van der Waals surface area contributed by atoms with Gasteiger partial charge in [0.05, 0.1) is 5.56 Å². The molecule has 0 N–H and O–H groups in total. The van der Waals surface area contributed by atoms with Gasteiger partial charge in [-0.05, 0) is 19.1 Å². The Morgan fingerprint density at radius 1 is 1.35 bits per heavy atom. The lowest BCUT2D eigenvalue weighted by atomic mass is 9.96. The van der Waals surface area contributed by atoms with Crippen LogP contribution in [0.3, 0.4) is 0 Å². The van der Waals surface area contributed by atoms with Gasteiger partial charge in [0.25, 0.3) is 5.19 Å². The van der Waals surface area contributed by atoms with Gasteiger partial charge in [0.15, 0.2) is 11.6 Å². The molecule has 2 aromatic rings. The molecule has 2 rings (SSSR count). The molecule has 0 fully saturated rings. The molecule has 1 aromatic carbocycles. The van der Waals surface area contributed by atoms with E-state index in [4.69, 9.17) is 4.74 Å². The first-order chi connectivity index (χ1) is 9.27. The van der Waals surface area contributed by atoms with Crippen LogP contribution in [-0.2, 0) is 5.41 Å². The first-order valence-corrected chi connectivity index (χ1v) is 6.87. The number of hydrogen-bond donors (Lipinski definition) is 0. The standard InChI is InChI=1S/C14H15FN2O2S/c1-8(18)10-6-5-9(7-11(10)15)19-13-16-12(17-20-13)14(2,3)4/h5-7H,1-4H3. The Bertz CT molecular complexity index is 647. The molecule has 0 bridgehead atoms. The Labute approximate surface area is 120 Å². The molecule has 0 spiro atoms. The Hall–Kier alpha value is -1.82. The third kappa shape index (κ3) is 3.19. The molecule has 0 unspecified atom stereocenters. The Morgan fingerprint density at radius 3 is 2.55 bits per heavy atom. The van der Waals surface area contributed by atoms with Crippen molar-refractivity contribution >= 4 is 17.3 Å². The van der Waals surface area contributed by atoms with Crippen LogP contribution in [0.5, 0.6) is 10.9 Å². The zero-order valence-electron chi connectivity index (χ0n) is 11.7. The lowest BCUT2D eigenvalue weighted by molar-refractivity contribution is 0.101. The molecule has 1 aromatic heterocycles. The maximum absolute atomic E-state index is 13.7. The molecule has 0 amide bonds. The maximum atomic E-state index is 13.7. The van der Waals surface area contributed by atoms with Crippen molar-refractivity contribution in [1.29, 1.82) is 0 Å². The highest BCUT2D eigenvalue weighted by molar-refractivity contribution is 7.07. The van der Waals surface area contributed by atoms with Gasteiger partial charge in [-0.1, -0.05) is 20.8 Å². The summed E-state index contributed by atoms with van der Waals surface area (Å²) in [6.45, 7) is 7.32. The van der Waals surface area contributed by atoms with Gasteiger partial charge >= 0.3 is 0 Å². The molecule has 0 radical (unpaired) electrons. The Balaban J connectivity index is 2.20. The van der Waals surface area contributed by atoms with Crippen molar-refractivity contribution in [1.82, 2.24) is 9.36 Å². The van der Waals surface area contributed by atoms with Crippen LogP contribution >= 0.6 is 11.5 Å². The fourth-order valence-corrected chi connectivity index (χ4v) is 2.24. The van der Waals surface area contributed by atoms with Crippen LogP contribution < -0.4 is 4.74 Å². The second-order valence-electron chi connectivity index (χ2n) is 5.43. The van der Waals surface area contributed by atoms with Crippen LogP contribution in [0.25, 0.3) is 0 Å². The fraction of sp³-hybridized carbons (Fsp3) is 0.357. The van der Waals surface area contributed by atoms with Crippen LogP contribution in [0, 0.1) is 5.82 Å². The summed E-state index contributed by atoms with van der Waals surface area (Å²) in [4.78, 5) is 15.4. The third-order valence-corrected chi connectivity index (χ3v) is 3.20. The molecule has 0 aliphatic rings. The smallest absolute Gasteiger partial charge is 0.298 e. The number of benzene rings is 1. The third-order valence-electron chi connectivity index (χ3n) is 2.60. The van der Waals surface area contributed by atoms with Crippen molar-refractivity contribution in [3.05, 3.63) is 35.4 Å². The van der Waals surface area contributed by atoms with E-state index < -0.39 is 5.82 Å². The minimum atomic E-state index is -0.601. The van der Waals surface area contributed by atoms with Gasteiger partial charge in [0.2, 0.25) is 0 Å². The molecule has 0 atom stereocenters. The second-order valence-corrected chi connectivity index (χ2v) is 6.15. The Morgan fingerprint density at radius 2 is 2.05 bits per heavy atom. The highest BCUT2D eigenvalue weighted by Crippen LogP contribution is 2.28. The van der Waals surface area contributed by atoms with Gasteiger partial charge in [-0.15, -0.1) is 0 Å². The van der Waals surface area contributed by atoms with E-state index in [1.807, 2.05) is 20.8 Å². The average Bonchev–Trinajstić information content (AvgIpc) is 2.76. The molecule has 20 heavy (non-hydrogen) atoms. The highest BCUT2D eigenvalue weighted by Gasteiger charge is 2.20. The number of Topliss-reactive ketones (excluding diaryl/α,β-unsaturated/α-hetero) is 1. The number of nitrogens with zero attached hydrogens (tertiary/aromatic N) is 2. The lowest BCUT2D eigenvalue weighted by Gasteiger charge is -2.12. The minimum absolute atomic E-state index is 0.0463. The summed E-state index contributed by atoms with van der Waals surface area (Å²) < 4.78 is 23.3. The number of carbonyl (C=O) groups excluding carboxylic acids is 1. The molecule has 0 aliphatic heterocycles. The van der Waals surface area contributed by atoms with Crippen molar-refractivity contribution in [2.24, 2.45) is 0 Å². The molecule has 0 saturated carbocycles. The number of carbonyl (C=O) groups is 1. The van der Waals surface area contributed by atoms with Crippen molar-refractivity contribution in [3.8, 4) is 10.9 Å². The summed E-state index contributed by atoms with van der Waals surface area (Å²) >= 11 is 1.11. The molecule has 106 valence electrons. The summed E-state index contributed by atoms with van der Waals surface area (Å²) in [7, 11) is 0. The maximum Gasteiger partial charge on any atom is 0.298 e. The molecule has 0 aliphatic carbocycles. The predicted molar refractivity (Wildman–Crippen MR) is 75.1 cm³/mol. The first kappa shape index (κ1) is 14.6. The van der Waals surface area contributed by atoms with Crippen molar-refractivity contribution < 1.29 is 13.9 Å². The van der Waals surface area contributed by atoms with Crippen LogP contribution in [0.1, 0.15) is 43.9 Å². The first-order valence-electron chi connectivity index (χ1n) is 6.10. The van der Waals surface area contributed by atoms with E-state index in [0.29, 0.717) is 16.8 Å². The quantitative estimate of drug-likeness (QED) is 0.804. The molecule has 6 heteroatoms. The van der Waals surface area contributed by atoms with E-state index in [0.717, 1.165) is 11.5 Å². The van der Waals surface area contributed by atoms with Crippen LogP contribution in [0.15, 0.2) is 18.2 Å².